The topological polar surface area (TPSA) is 63.7 Å². The molecule has 2 amide bonds. The molecule has 2 atom stereocenters. The highest BCUT2D eigenvalue weighted by Crippen LogP contribution is 2.34. The van der Waals surface area contributed by atoms with Gasteiger partial charge >= 0.3 is 0 Å². The van der Waals surface area contributed by atoms with Gasteiger partial charge in [-0.05, 0) is 41.6 Å². The number of carbonyl (C=O) groups is 3. The lowest BCUT2D eigenvalue weighted by Gasteiger charge is -2.27. The first-order chi connectivity index (χ1) is 13.0. The summed E-state index contributed by atoms with van der Waals surface area (Å²) in [7, 11) is 0. The summed E-state index contributed by atoms with van der Waals surface area (Å²) in [6.45, 7) is 0.154. The molecular weight excluding hydrogens is 386 g/mol. The van der Waals surface area contributed by atoms with E-state index in [-0.39, 0.29) is 34.1 Å². The van der Waals surface area contributed by atoms with Crippen molar-refractivity contribution in [3.63, 3.8) is 0 Å². The van der Waals surface area contributed by atoms with Gasteiger partial charge in [0.15, 0.2) is 5.78 Å². The number of benzene rings is 1. The van der Waals surface area contributed by atoms with Crippen LogP contribution in [0.3, 0.4) is 0 Å². The molecule has 1 aliphatic carbocycles. The number of nitrogens with zero attached hydrogens (tertiary/aromatic N) is 1. The van der Waals surface area contributed by atoms with Crippen LogP contribution in [0.2, 0.25) is 5.02 Å². The summed E-state index contributed by atoms with van der Waals surface area (Å²) in [4.78, 5) is 38.9. The first kappa shape index (κ1) is 17.8. The summed E-state index contributed by atoms with van der Waals surface area (Å²) >= 11 is 6.68. The molecule has 0 N–H and O–H groups in total. The van der Waals surface area contributed by atoms with Crippen molar-refractivity contribution in [3.05, 3.63) is 82.0 Å². The minimum absolute atomic E-state index is 0.128. The van der Waals surface area contributed by atoms with Crippen LogP contribution in [0, 0.1) is 5.92 Å². The van der Waals surface area contributed by atoms with Crippen molar-refractivity contribution >= 4 is 40.3 Å². The Morgan fingerprint density at radius 1 is 1.11 bits per heavy atom. The van der Waals surface area contributed by atoms with Crippen LogP contribution in [-0.2, 0) is 20.9 Å². The lowest BCUT2D eigenvalue weighted by atomic mass is 9.88. The predicted molar refractivity (Wildman–Crippen MR) is 103 cm³/mol. The Hall–Kier alpha value is -2.57. The van der Waals surface area contributed by atoms with Crippen LogP contribution < -0.4 is 0 Å². The van der Waals surface area contributed by atoms with Gasteiger partial charge in [-0.3, -0.25) is 19.3 Å². The fourth-order valence-corrected chi connectivity index (χ4v) is 3.97. The molecule has 1 aromatic carbocycles. The number of fused-ring (bicyclic) bond motifs is 1. The van der Waals surface area contributed by atoms with Gasteiger partial charge in [0.2, 0.25) is 0 Å². The van der Waals surface area contributed by atoms with E-state index < -0.39 is 11.8 Å². The van der Waals surface area contributed by atoms with Gasteiger partial charge in [0.25, 0.3) is 11.1 Å². The molecule has 2 heterocycles. The summed E-state index contributed by atoms with van der Waals surface area (Å²) < 4.78 is 5.57. The molecule has 2 aliphatic heterocycles. The van der Waals surface area contributed by atoms with Gasteiger partial charge in [0.05, 0.1) is 29.2 Å². The Kier molecular flexibility index (Phi) is 4.76. The van der Waals surface area contributed by atoms with Crippen molar-refractivity contribution < 1.29 is 19.1 Å². The Bertz CT molecular complexity index is 945. The number of allylic oxidation sites excluding steroid dienone is 4. The Balaban J connectivity index is 1.53. The van der Waals surface area contributed by atoms with E-state index in [1.54, 1.807) is 36.4 Å². The summed E-state index contributed by atoms with van der Waals surface area (Å²) in [6.07, 6.45) is 9.70. The summed E-state index contributed by atoms with van der Waals surface area (Å²) in [5.74, 6) is -0.958. The maximum atomic E-state index is 12.6. The Morgan fingerprint density at radius 2 is 1.85 bits per heavy atom. The molecule has 4 rings (SSSR count). The molecule has 0 bridgehead atoms. The van der Waals surface area contributed by atoms with E-state index in [0.717, 1.165) is 22.2 Å². The third-order valence-corrected chi connectivity index (χ3v) is 5.60. The molecule has 1 saturated heterocycles. The quantitative estimate of drug-likeness (QED) is 0.718. The lowest BCUT2D eigenvalue weighted by molar-refractivity contribution is -0.123. The van der Waals surface area contributed by atoms with Crippen LogP contribution in [0.15, 0.2) is 71.4 Å². The molecule has 2 unspecified atom stereocenters. The monoisotopic (exact) mass is 399 g/mol. The number of hydrogen-bond donors (Lipinski definition) is 0. The van der Waals surface area contributed by atoms with Gasteiger partial charge in [-0.25, -0.2) is 0 Å². The fourth-order valence-electron chi connectivity index (χ4n) is 3.01. The van der Waals surface area contributed by atoms with E-state index in [1.165, 1.54) is 12.3 Å². The molecule has 1 fully saturated rings. The molecular formula is C20H14ClNO4S. The number of rotatable bonds is 3. The molecule has 0 aromatic heterocycles. The highest BCUT2D eigenvalue weighted by atomic mass is 35.5. The summed E-state index contributed by atoms with van der Waals surface area (Å²) in [5.41, 5.74) is 1.08. The third-order valence-electron chi connectivity index (χ3n) is 4.44. The molecule has 27 heavy (non-hydrogen) atoms. The average molecular weight is 400 g/mol. The number of carbonyl (C=O) groups excluding carboxylic acids is 3. The van der Waals surface area contributed by atoms with Crippen LogP contribution >= 0.6 is 23.4 Å². The smallest absolute Gasteiger partial charge is 0.293 e. The lowest BCUT2D eigenvalue weighted by Crippen LogP contribution is -2.32. The predicted octanol–water partition coefficient (Wildman–Crippen LogP) is 4.01. The van der Waals surface area contributed by atoms with Crippen molar-refractivity contribution in [2.24, 2.45) is 5.92 Å². The largest absolute Gasteiger partial charge is 0.492 e. The number of ether oxygens (including phenoxy) is 1. The molecule has 5 nitrogen and oxygen atoms in total. The zero-order valence-corrected chi connectivity index (χ0v) is 15.6. The van der Waals surface area contributed by atoms with Crippen LogP contribution in [0.25, 0.3) is 0 Å². The molecule has 3 aliphatic rings. The second-order valence-electron chi connectivity index (χ2n) is 6.23. The number of halogens is 1. The molecule has 0 radical (unpaired) electrons. The first-order valence-corrected chi connectivity index (χ1v) is 9.47. The maximum absolute atomic E-state index is 12.6. The minimum atomic E-state index is -0.421. The van der Waals surface area contributed by atoms with Gasteiger partial charge < -0.3 is 4.74 Å². The normalized spacial score (nSPS) is 25.7. The average Bonchev–Trinajstić information content (AvgIpc) is 2.93. The number of hydrogen-bond acceptors (Lipinski definition) is 5. The van der Waals surface area contributed by atoms with Crippen molar-refractivity contribution in [3.8, 4) is 0 Å². The van der Waals surface area contributed by atoms with Crippen LogP contribution in [0.4, 0.5) is 4.79 Å². The van der Waals surface area contributed by atoms with Crippen LogP contribution in [0.5, 0.6) is 0 Å². The van der Waals surface area contributed by atoms with Crippen molar-refractivity contribution in [1.82, 2.24) is 4.90 Å². The van der Waals surface area contributed by atoms with Crippen molar-refractivity contribution in [2.75, 3.05) is 0 Å². The highest BCUT2D eigenvalue weighted by Gasteiger charge is 2.37. The Labute approximate surface area is 165 Å². The molecule has 136 valence electrons. The molecule has 0 spiro atoms. The molecule has 0 saturated carbocycles. The second-order valence-corrected chi connectivity index (χ2v) is 7.66. The third kappa shape index (κ3) is 3.50. The molecule has 7 heteroatoms. The van der Waals surface area contributed by atoms with Crippen molar-refractivity contribution in [2.45, 2.75) is 12.6 Å². The SMILES string of the molecule is O=C1C(/C=C2/SC(=O)N(Cc3ccc(Cl)cc3)C2=O)=COC2C=CC=CC12. The number of Topliss-reactive ketones (excluding diaryl/α,β-unsaturated/α-hetero) is 1. The van der Waals surface area contributed by atoms with Gasteiger partial charge in [-0.1, -0.05) is 42.0 Å². The van der Waals surface area contributed by atoms with E-state index in [1.807, 2.05) is 12.2 Å². The number of amides is 2. The van der Waals surface area contributed by atoms with Gasteiger partial charge in [-0.15, -0.1) is 0 Å². The van der Waals surface area contributed by atoms with E-state index in [0.29, 0.717) is 5.02 Å². The first-order valence-electron chi connectivity index (χ1n) is 8.27. The highest BCUT2D eigenvalue weighted by molar-refractivity contribution is 8.18. The van der Waals surface area contributed by atoms with E-state index >= 15 is 0 Å². The fraction of sp³-hybridized carbons (Fsp3) is 0.150. The van der Waals surface area contributed by atoms with E-state index in [4.69, 9.17) is 16.3 Å². The minimum Gasteiger partial charge on any atom is -0.492 e. The number of imide groups is 1. The number of thioether (sulfide) groups is 1. The van der Waals surface area contributed by atoms with Crippen molar-refractivity contribution in [1.29, 1.82) is 0 Å². The molecule has 1 aromatic rings. The van der Waals surface area contributed by atoms with E-state index in [2.05, 4.69) is 0 Å². The standard InChI is InChI=1S/C20H14ClNO4S/c21-14-7-5-12(6-8-14)10-22-19(24)17(27-20(22)25)9-13-11-26-16-4-2-1-3-15(16)18(13)23/h1-9,11,15-16H,10H2/b17-9+. The maximum Gasteiger partial charge on any atom is 0.293 e. The second kappa shape index (κ2) is 7.21. The Morgan fingerprint density at radius 3 is 2.63 bits per heavy atom. The zero-order valence-electron chi connectivity index (χ0n) is 14.0. The van der Waals surface area contributed by atoms with Gasteiger partial charge in [0.1, 0.15) is 6.10 Å². The van der Waals surface area contributed by atoms with Gasteiger partial charge in [0, 0.05) is 5.02 Å². The van der Waals surface area contributed by atoms with Gasteiger partial charge in [-0.2, -0.15) is 0 Å². The van der Waals surface area contributed by atoms with Crippen LogP contribution in [-0.4, -0.2) is 27.9 Å². The number of ketones is 1. The summed E-state index contributed by atoms with van der Waals surface area (Å²) in [6, 6.07) is 6.94. The summed E-state index contributed by atoms with van der Waals surface area (Å²) in [5, 5.41) is 0.213. The van der Waals surface area contributed by atoms with E-state index in [9.17, 15) is 14.4 Å². The van der Waals surface area contributed by atoms with Crippen LogP contribution in [0.1, 0.15) is 5.56 Å². The zero-order chi connectivity index (χ0) is 19.0.